The lowest BCUT2D eigenvalue weighted by Gasteiger charge is -2.49. The average molecular weight is 487 g/mol. The zero-order chi connectivity index (χ0) is 25.2. The Balaban J connectivity index is 1.47. The summed E-state index contributed by atoms with van der Waals surface area (Å²) in [5.74, 6) is 0.403. The summed E-state index contributed by atoms with van der Waals surface area (Å²) in [6.45, 7) is 4.08. The molecule has 1 amide bonds. The number of carbonyl (C=O) groups excluding carboxylic acids is 1. The van der Waals surface area contributed by atoms with Crippen LogP contribution in [-0.4, -0.2) is 43.6 Å². The van der Waals surface area contributed by atoms with Crippen LogP contribution in [0.5, 0.6) is 5.75 Å². The van der Waals surface area contributed by atoms with E-state index in [2.05, 4.69) is 15.1 Å². The van der Waals surface area contributed by atoms with Crippen molar-refractivity contribution in [1.82, 2.24) is 5.32 Å². The fraction of sp³-hybridized carbons (Fsp3) is 0.321. The molecule has 3 aromatic carbocycles. The second-order valence-corrected chi connectivity index (χ2v) is 9.40. The van der Waals surface area contributed by atoms with Crippen molar-refractivity contribution in [2.75, 3.05) is 36.5 Å². The van der Waals surface area contributed by atoms with Gasteiger partial charge in [0.2, 0.25) is 5.91 Å². The van der Waals surface area contributed by atoms with E-state index in [1.54, 1.807) is 19.2 Å². The van der Waals surface area contributed by atoms with E-state index < -0.39 is 0 Å². The molecule has 0 aliphatic carbocycles. The van der Waals surface area contributed by atoms with Crippen molar-refractivity contribution < 1.29 is 14.5 Å². The van der Waals surface area contributed by atoms with Crippen LogP contribution in [-0.2, 0) is 11.2 Å². The Bertz CT molecular complexity index is 1270. The Morgan fingerprint density at radius 1 is 1.06 bits per heavy atom. The molecule has 8 nitrogen and oxygen atoms in total. The van der Waals surface area contributed by atoms with Crippen molar-refractivity contribution in [3.05, 3.63) is 94.0 Å². The predicted octanol–water partition coefficient (Wildman–Crippen LogP) is 4.35. The third-order valence-electron chi connectivity index (χ3n) is 7.33. The van der Waals surface area contributed by atoms with E-state index in [0.29, 0.717) is 19.5 Å². The van der Waals surface area contributed by atoms with E-state index in [-0.39, 0.29) is 34.5 Å². The van der Waals surface area contributed by atoms with E-state index in [4.69, 9.17) is 4.74 Å². The standard InChI is InChI=1S/C28H30N4O4/c1-19(20-8-4-3-5-9-20)29-28(33)23-17-21-16-22(32(34)35)12-13-24(21)31-15-14-30(18-26(23)31)25-10-6-7-11-27(25)36-2/h3-13,16,19,23,26H,14-15,17-18H2,1-2H3,(H,29,33). The molecule has 0 aromatic heterocycles. The number of hydrogen-bond acceptors (Lipinski definition) is 6. The van der Waals surface area contributed by atoms with Gasteiger partial charge >= 0.3 is 0 Å². The van der Waals surface area contributed by atoms with E-state index in [1.165, 1.54) is 0 Å². The van der Waals surface area contributed by atoms with Gasteiger partial charge in [-0.05, 0) is 42.7 Å². The summed E-state index contributed by atoms with van der Waals surface area (Å²) in [4.78, 5) is 29.3. The smallest absolute Gasteiger partial charge is 0.269 e. The monoisotopic (exact) mass is 486 g/mol. The fourth-order valence-electron chi connectivity index (χ4n) is 5.48. The number of nitrogens with zero attached hydrogens (tertiary/aromatic N) is 3. The molecule has 2 aliphatic heterocycles. The predicted molar refractivity (Wildman–Crippen MR) is 140 cm³/mol. The first-order valence-electron chi connectivity index (χ1n) is 12.2. The lowest BCUT2D eigenvalue weighted by molar-refractivity contribution is -0.384. The Morgan fingerprint density at radius 3 is 2.56 bits per heavy atom. The van der Waals surface area contributed by atoms with Gasteiger partial charge in [-0.15, -0.1) is 0 Å². The molecule has 1 N–H and O–H groups in total. The maximum atomic E-state index is 13.7. The molecule has 2 heterocycles. The van der Waals surface area contributed by atoms with Gasteiger partial charge in [-0.1, -0.05) is 42.5 Å². The van der Waals surface area contributed by atoms with Gasteiger partial charge in [0.05, 0.1) is 35.7 Å². The fourth-order valence-corrected chi connectivity index (χ4v) is 5.48. The first kappa shape index (κ1) is 23.7. The molecule has 2 aliphatic rings. The van der Waals surface area contributed by atoms with Crippen LogP contribution in [0.1, 0.15) is 24.1 Å². The number of ether oxygens (including phenoxy) is 1. The highest BCUT2D eigenvalue weighted by molar-refractivity contribution is 5.83. The minimum absolute atomic E-state index is 0.0413. The minimum Gasteiger partial charge on any atom is -0.495 e. The number of nitrogens with one attached hydrogen (secondary N) is 1. The number of amides is 1. The Morgan fingerprint density at radius 2 is 1.81 bits per heavy atom. The molecule has 36 heavy (non-hydrogen) atoms. The Labute approximate surface area is 210 Å². The minimum atomic E-state index is -0.376. The zero-order valence-electron chi connectivity index (χ0n) is 20.5. The van der Waals surface area contributed by atoms with Crippen LogP contribution < -0.4 is 19.9 Å². The average Bonchev–Trinajstić information content (AvgIpc) is 2.92. The summed E-state index contributed by atoms with van der Waals surface area (Å²) in [7, 11) is 1.67. The topological polar surface area (TPSA) is 87.9 Å². The van der Waals surface area contributed by atoms with Crippen LogP contribution in [0.3, 0.4) is 0 Å². The third-order valence-corrected chi connectivity index (χ3v) is 7.33. The Hall–Kier alpha value is -4.07. The number of hydrogen-bond donors (Lipinski definition) is 1. The second kappa shape index (κ2) is 9.89. The van der Waals surface area contributed by atoms with Crippen molar-refractivity contribution in [2.45, 2.75) is 25.4 Å². The summed E-state index contributed by atoms with van der Waals surface area (Å²) in [5.41, 5.74) is 3.92. The molecule has 3 atom stereocenters. The van der Waals surface area contributed by atoms with Gasteiger partial charge in [0.25, 0.3) is 5.69 Å². The Kier molecular flexibility index (Phi) is 6.50. The van der Waals surface area contributed by atoms with Gasteiger partial charge in [-0.25, -0.2) is 0 Å². The number of nitro benzene ring substituents is 1. The van der Waals surface area contributed by atoms with Crippen LogP contribution in [0.2, 0.25) is 0 Å². The number of nitro groups is 1. The van der Waals surface area contributed by atoms with E-state index >= 15 is 0 Å². The lowest BCUT2D eigenvalue weighted by atomic mass is 9.82. The largest absolute Gasteiger partial charge is 0.495 e. The molecule has 0 saturated carbocycles. The van der Waals surface area contributed by atoms with Crippen molar-refractivity contribution in [3.8, 4) is 5.75 Å². The summed E-state index contributed by atoms with van der Waals surface area (Å²) in [5, 5.41) is 14.6. The normalized spacial score (nSPS) is 19.6. The molecular weight excluding hydrogens is 456 g/mol. The lowest BCUT2D eigenvalue weighted by Crippen LogP contribution is -2.61. The first-order chi connectivity index (χ1) is 17.5. The first-order valence-corrected chi connectivity index (χ1v) is 12.2. The SMILES string of the molecule is COc1ccccc1N1CCN2c3ccc([N+](=O)[O-])cc3CC(C(=O)NC(C)c3ccccc3)C2C1. The highest BCUT2D eigenvalue weighted by atomic mass is 16.6. The van der Waals surface area contributed by atoms with Crippen molar-refractivity contribution in [2.24, 2.45) is 5.92 Å². The second-order valence-electron chi connectivity index (χ2n) is 9.40. The van der Waals surface area contributed by atoms with Crippen LogP contribution in [0.4, 0.5) is 17.1 Å². The number of rotatable bonds is 6. The van der Waals surface area contributed by atoms with Gasteiger partial charge in [0.15, 0.2) is 0 Å². The molecule has 3 aromatic rings. The van der Waals surface area contributed by atoms with E-state index in [1.807, 2.05) is 67.6 Å². The highest BCUT2D eigenvalue weighted by Crippen LogP contribution is 2.40. The van der Waals surface area contributed by atoms with Crippen molar-refractivity contribution >= 4 is 23.0 Å². The van der Waals surface area contributed by atoms with Crippen molar-refractivity contribution in [1.29, 1.82) is 0 Å². The maximum absolute atomic E-state index is 13.7. The quantitative estimate of drug-likeness (QED) is 0.412. The molecule has 3 unspecified atom stereocenters. The molecule has 186 valence electrons. The van der Waals surface area contributed by atoms with E-state index in [0.717, 1.165) is 34.8 Å². The molecule has 1 saturated heterocycles. The highest BCUT2D eigenvalue weighted by Gasteiger charge is 2.42. The third kappa shape index (κ3) is 4.46. The molecule has 0 spiro atoms. The van der Waals surface area contributed by atoms with Crippen LogP contribution in [0.15, 0.2) is 72.8 Å². The number of carbonyl (C=O) groups is 1. The zero-order valence-corrected chi connectivity index (χ0v) is 20.5. The summed E-state index contributed by atoms with van der Waals surface area (Å²) in [6, 6.07) is 22.6. The maximum Gasteiger partial charge on any atom is 0.269 e. The van der Waals surface area contributed by atoms with Gasteiger partial charge in [0, 0.05) is 37.5 Å². The number of anilines is 2. The molecule has 0 radical (unpaired) electrons. The van der Waals surface area contributed by atoms with E-state index in [9.17, 15) is 14.9 Å². The number of benzene rings is 3. The van der Waals surface area contributed by atoms with Crippen LogP contribution in [0, 0.1) is 16.0 Å². The molecule has 8 heteroatoms. The summed E-state index contributed by atoms with van der Waals surface area (Å²) < 4.78 is 5.60. The van der Waals surface area contributed by atoms with Gasteiger partial charge in [-0.2, -0.15) is 0 Å². The van der Waals surface area contributed by atoms with Gasteiger partial charge < -0.3 is 19.9 Å². The number of para-hydroxylation sites is 2. The molecule has 0 bridgehead atoms. The van der Waals surface area contributed by atoms with Gasteiger partial charge in [0.1, 0.15) is 5.75 Å². The van der Waals surface area contributed by atoms with Crippen LogP contribution in [0.25, 0.3) is 0 Å². The van der Waals surface area contributed by atoms with Gasteiger partial charge in [-0.3, -0.25) is 14.9 Å². The molecule has 5 rings (SSSR count). The molecular formula is C28H30N4O4. The van der Waals surface area contributed by atoms with Crippen molar-refractivity contribution in [3.63, 3.8) is 0 Å². The number of piperazine rings is 1. The number of fused-ring (bicyclic) bond motifs is 3. The number of methoxy groups -OCH3 is 1. The number of non-ortho nitro benzene ring substituents is 1. The summed E-state index contributed by atoms with van der Waals surface area (Å²) in [6.07, 6.45) is 0.450. The molecule has 1 fully saturated rings. The van der Waals surface area contributed by atoms with Crippen LogP contribution >= 0.6 is 0 Å². The summed E-state index contributed by atoms with van der Waals surface area (Å²) >= 11 is 0.